The minimum Gasteiger partial charge on any atom is -0.508 e. The molecule has 1 aromatic heterocycles. The van der Waals surface area contributed by atoms with E-state index in [1.54, 1.807) is 12.1 Å². The summed E-state index contributed by atoms with van der Waals surface area (Å²) in [6.07, 6.45) is 0. The van der Waals surface area contributed by atoms with Crippen molar-refractivity contribution >= 4 is 16.5 Å². The number of aromatic nitrogens is 2. The van der Waals surface area contributed by atoms with Gasteiger partial charge in [0.1, 0.15) is 10.8 Å². The van der Waals surface area contributed by atoms with Gasteiger partial charge in [0, 0.05) is 5.56 Å². The molecular formula is C9H9N3OS. The van der Waals surface area contributed by atoms with Crippen LogP contribution in [-0.4, -0.2) is 15.3 Å². The van der Waals surface area contributed by atoms with Crippen molar-refractivity contribution in [2.45, 2.75) is 6.92 Å². The summed E-state index contributed by atoms with van der Waals surface area (Å²) in [6.45, 7) is 1.84. The first-order valence-electron chi connectivity index (χ1n) is 4.06. The van der Waals surface area contributed by atoms with Gasteiger partial charge >= 0.3 is 0 Å². The van der Waals surface area contributed by atoms with Gasteiger partial charge in [-0.25, -0.2) is 0 Å². The molecule has 0 saturated carbocycles. The van der Waals surface area contributed by atoms with Gasteiger partial charge in [-0.15, -0.1) is 10.2 Å². The Hall–Kier alpha value is -1.62. The van der Waals surface area contributed by atoms with Crippen molar-refractivity contribution in [2.24, 2.45) is 0 Å². The monoisotopic (exact) mass is 207 g/mol. The maximum absolute atomic E-state index is 9.34. The number of anilines is 1. The van der Waals surface area contributed by atoms with Crippen molar-refractivity contribution < 1.29 is 5.11 Å². The third kappa shape index (κ3) is 1.54. The van der Waals surface area contributed by atoms with Gasteiger partial charge in [-0.3, -0.25) is 0 Å². The fourth-order valence-corrected chi connectivity index (χ4v) is 1.75. The van der Waals surface area contributed by atoms with E-state index in [2.05, 4.69) is 10.2 Å². The average Bonchev–Trinajstić information content (AvgIpc) is 2.57. The molecule has 5 heteroatoms. The third-order valence-corrected chi connectivity index (χ3v) is 2.69. The smallest absolute Gasteiger partial charge is 0.203 e. The number of hydrogen-bond donors (Lipinski definition) is 2. The second-order valence-electron chi connectivity index (χ2n) is 2.95. The molecule has 2 rings (SSSR count). The fraction of sp³-hybridized carbons (Fsp3) is 0.111. The number of aromatic hydroxyl groups is 1. The lowest BCUT2D eigenvalue weighted by atomic mass is 10.1. The molecule has 0 unspecified atom stereocenters. The van der Waals surface area contributed by atoms with Crippen molar-refractivity contribution in [3.63, 3.8) is 0 Å². The van der Waals surface area contributed by atoms with E-state index in [-0.39, 0.29) is 5.75 Å². The maximum Gasteiger partial charge on any atom is 0.203 e. The Kier molecular flexibility index (Phi) is 2.09. The molecule has 0 aliphatic rings. The molecule has 1 aromatic carbocycles. The number of benzene rings is 1. The summed E-state index contributed by atoms with van der Waals surface area (Å²) in [5.74, 6) is 0.284. The quantitative estimate of drug-likeness (QED) is 0.748. The summed E-state index contributed by atoms with van der Waals surface area (Å²) < 4.78 is 0. The van der Waals surface area contributed by atoms with E-state index in [1.807, 2.05) is 13.0 Å². The Bertz CT molecular complexity index is 467. The number of aryl methyl sites for hydroxylation is 1. The Balaban J connectivity index is 2.47. The summed E-state index contributed by atoms with van der Waals surface area (Å²) in [5.41, 5.74) is 7.22. The van der Waals surface area contributed by atoms with Crippen molar-refractivity contribution in [2.75, 3.05) is 5.73 Å². The lowest BCUT2D eigenvalue weighted by Crippen LogP contribution is -1.81. The molecule has 0 aliphatic carbocycles. The van der Waals surface area contributed by atoms with Crippen LogP contribution in [0.2, 0.25) is 0 Å². The summed E-state index contributed by atoms with van der Waals surface area (Å²) in [4.78, 5) is 0. The number of phenolic OH excluding ortho intramolecular Hbond substituents is 1. The highest BCUT2D eigenvalue weighted by Crippen LogP contribution is 2.28. The average molecular weight is 207 g/mol. The van der Waals surface area contributed by atoms with Crippen molar-refractivity contribution in [3.8, 4) is 16.3 Å². The highest BCUT2D eigenvalue weighted by molar-refractivity contribution is 7.18. The van der Waals surface area contributed by atoms with E-state index in [0.29, 0.717) is 5.13 Å². The minimum absolute atomic E-state index is 0.284. The first-order chi connectivity index (χ1) is 6.66. The van der Waals surface area contributed by atoms with E-state index in [9.17, 15) is 5.11 Å². The zero-order valence-electron chi connectivity index (χ0n) is 7.56. The highest BCUT2D eigenvalue weighted by Gasteiger charge is 2.05. The predicted octanol–water partition coefficient (Wildman–Crippen LogP) is 1.80. The molecule has 3 N–H and O–H groups in total. The number of nitrogens with zero attached hydrogens (tertiary/aromatic N) is 2. The molecule has 0 spiro atoms. The van der Waals surface area contributed by atoms with Gasteiger partial charge in [0.05, 0.1) is 0 Å². The summed E-state index contributed by atoms with van der Waals surface area (Å²) in [6, 6.07) is 5.29. The lowest BCUT2D eigenvalue weighted by Gasteiger charge is -1.99. The normalized spacial score (nSPS) is 10.4. The molecule has 14 heavy (non-hydrogen) atoms. The van der Waals surface area contributed by atoms with Crippen molar-refractivity contribution in [1.29, 1.82) is 0 Å². The number of hydrogen-bond acceptors (Lipinski definition) is 5. The zero-order valence-corrected chi connectivity index (χ0v) is 8.38. The van der Waals surface area contributed by atoms with E-state index in [4.69, 9.17) is 5.73 Å². The van der Waals surface area contributed by atoms with Gasteiger partial charge in [0.2, 0.25) is 5.13 Å². The molecule has 0 fully saturated rings. The number of nitrogens with two attached hydrogens (primary N) is 1. The highest BCUT2D eigenvalue weighted by atomic mass is 32.1. The summed E-state index contributed by atoms with van der Waals surface area (Å²) in [7, 11) is 0. The molecule has 0 bridgehead atoms. The van der Waals surface area contributed by atoms with E-state index in [1.165, 1.54) is 11.3 Å². The van der Waals surface area contributed by atoms with Gasteiger partial charge in [-0.1, -0.05) is 11.3 Å². The van der Waals surface area contributed by atoms with Crippen LogP contribution in [0.5, 0.6) is 5.75 Å². The Labute approximate surface area is 85.0 Å². The minimum atomic E-state index is 0.284. The topological polar surface area (TPSA) is 72.0 Å². The van der Waals surface area contributed by atoms with Crippen LogP contribution in [0.3, 0.4) is 0 Å². The van der Waals surface area contributed by atoms with Crippen LogP contribution >= 0.6 is 11.3 Å². The van der Waals surface area contributed by atoms with Crippen molar-refractivity contribution in [3.05, 3.63) is 23.8 Å². The van der Waals surface area contributed by atoms with Crippen molar-refractivity contribution in [1.82, 2.24) is 10.2 Å². The molecule has 2 aromatic rings. The number of phenols is 1. The third-order valence-electron chi connectivity index (χ3n) is 1.88. The van der Waals surface area contributed by atoms with E-state index >= 15 is 0 Å². The van der Waals surface area contributed by atoms with Crippen LogP contribution in [0.4, 0.5) is 5.13 Å². The largest absolute Gasteiger partial charge is 0.508 e. The van der Waals surface area contributed by atoms with Crippen LogP contribution in [0.15, 0.2) is 18.2 Å². The fourth-order valence-electron chi connectivity index (χ4n) is 1.14. The first-order valence-corrected chi connectivity index (χ1v) is 4.87. The van der Waals surface area contributed by atoms with Crippen LogP contribution in [0, 0.1) is 6.92 Å². The zero-order chi connectivity index (χ0) is 10.1. The molecule has 0 aliphatic heterocycles. The summed E-state index contributed by atoms with van der Waals surface area (Å²) in [5, 5.41) is 18.2. The molecule has 0 atom stereocenters. The molecule has 4 nitrogen and oxygen atoms in total. The Morgan fingerprint density at radius 2 is 2.14 bits per heavy atom. The molecule has 0 saturated heterocycles. The second-order valence-corrected chi connectivity index (χ2v) is 3.96. The van der Waals surface area contributed by atoms with Gasteiger partial charge in [-0.2, -0.15) is 0 Å². The number of rotatable bonds is 1. The number of nitrogen functional groups attached to an aromatic ring is 1. The second kappa shape index (κ2) is 3.26. The SMILES string of the molecule is Cc1cc(-c2nnc(N)s2)ccc1O. The maximum atomic E-state index is 9.34. The Morgan fingerprint density at radius 1 is 1.36 bits per heavy atom. The molecule has 0 radical (unpaired) electrons. The predicted molar refractivity (Wildman–Crippen MR) is 56.2 cm³/mol. The van der Waals surface area contributed by atoms with E-state index in [0.717, 1.165) is 16.1 Å². The Morgan fingerprint density at radius 3 is 2.71 bits per heavy atom. The summed E-state index contributed by atoms with van der Waals surface area (Å²) >= 11 is 1.33. The van der Waals surface area contributed by atoms with Crippen LogP contribution in [0.25, 0.3) is 10.6 Å². The van der Waals surface area contributed by atoms with Gasteiger partial charge in [0.15, 0.2) is 0 Å². The lowest BCUT2D eigenvalue weighted by molar-refractivity contribution is 0.471. The molecule has 0 amide bonds. The van der Waals surface area contributed by atoms with E-state index < -0.39 is 0 Å². The standard InChI is InChI=1S/C9H9N3OS/c1-5-4-6(2-3-7(5)13)8-11-12-9(10)14-8/h2-4,13H,1H3,(H2,10,12). The van der Waals surface area contributed by atoms with Crippen LogP contribution < -0.4 is 5.73 Å². The molecular weight excluding hydrogens is 198 g/mol. The van der Waals surface area contributed by atoms with Gasteiger partial charge < -0.3 is 10.8 Å². The van der Waals surface area contributed by atoms with Crippen LogP contribution in [-0.2, 0) is 0 Å². The van der Waals surface area contributed by atoms with Gasteiger partial charge in [-0.05, 0) is 30.7 Å². The van der Waals surface area contributed by atoms with Gasteiger partial charge in [0.25, 0.3) is 0 Å². The van der Waals surface area contributed by atoms with Crippen LogP contribution in [0.1, 0.15) is 5.56 Å². The molecule has 72 valence electrons. The molecule has 1 heterocycles. The first kappa shape index (κ1) is 8.96.